The van der Waals surface area contributed by atoms with E-state index < -0.39 is 6.29 Å². The Morgan fingerprint density at radius 1 is 0.833 bits per heavy atom. The summed E-state index contributed by atoms with van der Waals surface area (Å²) in [4.78, 5) is 1.05. The summed E-state index contributed by atoms with van der Waals surface area (Å²) < 4.78 is 0. The Bertz CT molecular complexity index is 554. The number of rotatable bonds is 3. The quantitative estimate of drug-likeness (QED) is 0.505. The van der Waals surface area contributed by atoms with Gasteiger partial charge >= 0.3 is 0 Å². The molecule has 4 nitrogen and oxygen atoms in total. The van der Waals surface area contributed by atoms with Crippen molar-refractivity contribution in [2.75, 3.05) is 0 Å². The maximum atomic E-state index is 9.69. The van der Waals surface area contributed by atoms with E-state index in [0.717, 1.165) is 11.8 Å². The zero-order valence-electron chi connectivity index (χ0n) is 9.32. The summed E-state index contributed by atoms with van der Waals surface area (Å²) >= 11 is 1.15. The van der Waals surface area contributed by atoms with Crippen molar-refractivity contribution in [3.05, 3.63) is 48.0 Å². The highest BCUT2D eigenvalue weighted by Gasteiger charge is 2.13. The van der Waals surface area contributed by atoms with E-state index in [1.54, 1.807) is 36.4 Å². The molecule has 0 saturated heterocycles. The number of aromatic hydroxyl groups is 2. The summed E-state index contributed by atoms with van der Waals surface area (Å²) in [7, 11) is 0. The predicted molar refractivity (Wildman–Crippen MR) is 67.5 cm³/mol. The van der Waals surface area contributed by atoms with Gasteiger partial charge in [0.1, 0.15) is 0 Å². The van der Waals surface area contributed by atoms with Gasteiger partial charge in [-0.05, 0) is 18.2 Å². The third-order valence-corrected chi connectivity index (χ3v) is 3.54. The van der Waals surface area contributed by atoms with Crippen LogP contribution in [0, 0.1) is 0 Å². The first-order valence-electron chi connectivity index (χ1n) is 5.23. The van der Waals surface area contributed by atoms with Crippen LogP contribution in [0.15, 0.2) is 52.3 Å². The SMILES string of the molecule is Oc1cccc(Sc2ccccc2C(O)O)c1O. The average molecular weight is 264 g/mol. The normalized spacial score (nSPS) is 10.8. The third-order valence-electron chi connectivity index (χ3n) is 2.39. The number of para-hydroxylation sites is 1. The van der Waals surface area contributed by atoms with Gasteiger partial charge in [0.05, 0.1) is 4.90 Å². The number of aliphatic hydroxyl groups is 2. The number of hydrogen-bond donors (Lipinski definition) is 4. The third kappa shape index (κ3) is 2.59. The zero-order valence-corrected chi connectivity index (χ0v) is 10.1. The molecule has 0 spiro atoms. The summed E-state index contributed by atoms with van der Waals surface area (Å²) in [5.41, 5.74) is 0.352. The van der Waals surface area contributed by atoms with Crippen molar-refractivity contribution in [3.63, 3.8) is 0 Å². The average Bonchev–Trinajstić information content (AvgIpc) is 2.35. The van der Waals surface area contributed by atoms with Crippen molar-refractivity contribution < 1.29 is 20.4 Å². The highest BCUT2D eigenvalue weighted by Crippen LogP contribution is 2.41. The largest absolute Gasteiger partial charge is 0.504 e. The Morgan fingerprint density at radius 3 is 2.22 bits per heavy atom. The van der Waals surface area contributed by atoms with Gasteiger partial charge in [0.2, 0.25) is 0 Å². The smallest absolute Gasteiger partial charge is 0.179 e. The molecule has 18 heavy (non-hydrogen) atoms. The van der Waals surface area contributed by atoms with Crippen LogP contribution in [-0.4, -0.2) is 20.4 Å². The predicted octanol–water partition coefficient (Wildman–Crippen LogP) is 2.23. The van der Waals surface area contributed by atoms with Gasteiger partial charge in [-0.3, -0.25) is 0 Å². The van der Waals surface area contributed by atoms with Gasteiger partial charge in [0.15, 0.2) is 17.8 Å². The summed E-state index contributed by atoms with van der Waals surface area (Å²) in [6.45, 7) is 0. The Kier molecular flexibility index (Phi) is 3.76. The molecule has 2 aromatic carbocycles. The molecule has 0 saturated carbocycles. The lowest BCUT2D eigenvalue weighted by molar-refractivity contribution is -0.0444. The van der Waals surface area contributed by atoms with E-state index in [1.807, 2.05) is 0 Å². The number of phenolic OH excluding ortho intramolecular Hbond substituents is 2. The first-order valence-corrected chi connectivity index (χ1v) is 6.05. The molecule has 0 aliphatic carbocycles. The van der Waals surface area contributed by atoms with Crippen LogP contribution in [0.4, 0.5) is 0 Å². The molecule has 2 rings (SSSR count). The van der Waals surface area contributed by atoms with Crippen LogP contribution in [0.3, 0.4) is 0 Å². The molecule has 0 radical (unpaired) electrons. The van der Waals surface area contributed by atoms with E-state index in [-0.39, 0.29) is 11.5 Å². The molecule has 0 fully saturated rings. The fraction of sp³-hybridized carbons (Fsp3) is 0.0769. The standard InChI is InChI=1S/C13H12O4S/c14-9-5-3-7-11(12(9)15)18-10-6-2-1-4-8(10)13(16)17/h1-7,13-17H. The highest BCUT2D eigenvalue weighted by molar-refractivity contribution is 7.99. The lowest BCUT2D eigenvalue weighted by Crippen LogP contribution is -1.96. The zero-order chi connectivity index (χ0) is 13.1. The second kappa shape index (κ2) is 5.30. The highest BCUT2D eigenvalue weighted by atomic mass is 32.2. The Hall–Kier alpha value is -1.69. The van der Waals surface area contributed by atoms with Gasteiger partial charge in [0.25, 0.3) is 0 Å². The minimum Gasteiger partial charge on any atom is -0.504 e. The second-order valence-electron chi connectivity index (χ2n) is 3.64. The van der Waals surface area contributed by atoms with Crippen LogP contribution in [0.1, 0.15) is 11.9 Å². The maximum Gasteiger partial charge on any atom is 0.179 e. The van der Waals surface area contributed by atoms with Crippen molar-refractivity contribution >= 4 is 11.8 Å². The van der Waals surface area contributed by atoms with Crippen molar-refractivity contribution in [2.24, 2.45) is 0 Å². The molecule has 5 heteroatoms. The molecular weight excluding hydrogens is 252 g/mol. The Balaban J connectivity index is 2.37. The van der Waals surface area contributed by atoms with Crippen LogP contribution in [0.2, 0.25) is 0 Å². The summed E-state index contributed by atoms with van der Waals surface area (Å²) in [5.74, 6) is -0.424. The molecule has 0 amide bonds. The van der Waals surface area contributed by atoms with Gasteiger partial charge in [-0.25, -0.2) is 0 Å². The molecule has 0 heterocycles. The molecule has 94 valence electrons. The van der Waals surface area contributed by atoms with E-state index in [2.05, 4.69) is 0 Å². The van der Waals surface area contributed by atoms with Crippen molar-refractivity contribution in [3.8, 4) is 11.5 Å². The fourth-order valence-electron chi connectivity index (χ4n) is 1.50. The van der Waals surface area contributed by atoms with Crippen LogP contribution in [0.25, 0.3) is 0 Å². The van der Waals surface area contributed by atoms with Gasteiger partial charge < -0.3 is 20.4 Å². The number of hydrogen-bond acceptors (Lipinski definition) is 5. The summed E-state index contributed by atoms with van der Waals surface area (Å²) in [5, 5.41) is 37.6. The maximum absolute atomic E-state index is 9.69. The molecule has 0 bridgehead atoms. The van der Waals surface area contributed by atoms with E-state index in [0.29, 0.717) is 15.4 Å². The monoisotopic (exact) mass is 264 g/mol. The van der Waals surface area contributed by atoms with Crippen molar-refractivity contribution in [1.29, 1.82) is 0 Å². The number of phenols is 2. The first-order chi connectivity index (χ1) is 8.59. The number of aliphatic hydroxyl groups excluding tert-OH is 1. The van der Waals surface area contributed by atoms with E-state index in [1.165, 1.54) is 6.07 Å². The minimum atomic E-state index is -1.58. The van der Waals surface area contributed by atoms with Crippen LogP contribution in [-0.2, 0) is 0 Å². The molecule has 2 aromatic rings. The van der Waals surface area contributed by atoms with E-state index >= 15 is 0 Å². The Labute approximate surface area is 108 Å². The van der Waals surface area contributed by atoms with E-state index in [9.17, 15) is 20.4 Å². The molecule has 0 unspecified atom stereocenters. The van der Waals surface area contributed by atoms with Crippen LogP contribution >= 0.6 is 11.8 Å². The molecular formula is C13H12O4S. The van der Waals surface area contributed by atoms with Crippen LogP contribution in [0.5, 0.6) is 11.5 Å². The lowest BCUT2D eigenvalue weighted by Gasteiger charge is -2.11. The molecule has 4 N–H and O–H groups in total. The van der Waals surface area contributed by atoms with Crippen LogP contribution < -0.4 is 0 Å². The molecule has 0 aliphatic heterocycles. The Morgan fingerprint density at radius 2 is 1.50 bits per heavy atom. The topological polar surface area (TPSA) is 80.9 Å². The lowest BCUT2D eigenvalue weighted by atomic mass is 10.2. The molecule has 0 atom stereocenters. The van der Waals surface area contributed by atoms with Gasteiger partial charge in [0, 0.05) is 10.5 Å². The van der Waals surface area contributed by atoms with Gasteiger partial charge in [-0.15, -0.1) is 0 Å². The minimum absolute atomic E-state index is 0.206. The van der Waals surface area contributed by atoms with Gasteiger partial charge in [-0.1, -0.05) is 36.0 Å². The first kappa shape index (κ1) is 12.8. The van der Waals surface area contributed by atoms with Gasteiger partial charge in [-0.2, -0.15) is 0 Å². The second-order valence-corrected chi connectivity index (χ2v) is 4.72. The molecule has 0 aromatic heterocycles. The van der Waals surface area contributed by atoms with Crippen molar-refractivity contribution in [2.45, 2.75) is 16.1 Å². The van der Waals surface area contributed by atoms with Crippen molar-refractivity contribution in [1.82, 2.24) is 0 Å². The van der Waals surface area contributed by atoms with E-state index in [4.69, 9.17) is 0 Å². The summed E-state index contributed by atoms with van der Waals surface area (Å²) in [6.07, 6.45) is -1.58. The number of benzene rings is 2. The fourth-order valence-corrected chi connectivity index (χ4v) is 2.52. The summed E-state index contributed by atoms with van der Waals surface area (Å²) in [6, 6.07) is 11.4. The molecule has 0 aliphatic rings.